The van der Waals surface area contributed by atoms with E-state index in [1.807, 2.05) is 6.92 Å². The van der Waals surface area contributed by atoms with Gasteiger partial charge in [0.05, 0.1) is 25.3 Å². The van der Waals surface area contributed by atoms with Crippen molar-refractivity contribution >= 4 is 11.8 Å². The molecule has 0 saturated heterocycles. The van der Waals surface area contributed by atoms with Gasteiger partial charge in [0.1, 0.15) is 18.9 Å². The predicted molar refractivity (Wildman–Crippen MR) is 89.3 cm³/mol. The fourth-order valence-corrected chi connectivity index (χ4v) is 2.59. The first-order valence-electron chi connectivity index (χ1n) is 7.97. The first kappa shape index (κ1) is 18.3. The zero-order valence-corrected chi connectivity index (χ0v) is 14.4. The van der Waals surface area contributed by atoms with Crippen LogP contribution in [0.15, 0.2) is 12.1 Å². The SMILES string of the molecule is CC[N+](CC)(CC)CCOC(=O)Nc1ccc(C)c(O)c1C. The Bertz CT molecular complexity index is 503. The van der Waals surface area contributed by atoms with Crippen LogP contribution in [0.4, 0.5) is 10.5 Å². The third-order valence-electron chi connectivity index (χ3n) is 4.68. The number of amides is 1. The number of rotatable bonds is 7. The summed E-state index contributed by atoms with van der Waals surface area (Å²) in [4.78, 5) is 11.9. The van der Waals surface area contributed by atoms with Crippen molar-refractivity contribution in [3.63, 3.8) is 0 Å². The molecule has 2 N–H and O–H groups in total. The molecule has 0 aliphatic carbocycles. The summed E-state index contributed by atoms with van der Waals surface area (Å²) in [5, 5.41) is 12.6. The van der Waals surface area contributed by atoms with Crippen molar-refractivity contribution in [2.75, 3.05) is 38.1 Å². The summed E-state index contributed by atoms with van der Waals surface area (Å²) in [6.07, 6.45) is -0.479. The Hall–Kier alpha value is -1.75. The van der Waals surface area contributed by atoms with E-state index in [9.17, 15) is 9.90 Å². The number of ether oxygens (including phenoxy) is 1. The molecule has 0 atom stereocenters. The molecule has 1 aromatic rings. The number of phenolic OH excluding ortho intramolecular Hbond substituents is 1. The van der Waals surface area contributed by atoms with Gasteiger partial charge in [-0.3, -0.25) is 5.32 Å². The third kappa shape index (κ3) is 4.37. The summed E-state index contributed by atoms with van der Waals surface area (Å²) in [6, 6.07) is 3.54. The van der Waals surface area contributed by atoms with Gasteiger partial charge in [-0.2, -0.15) is 0 Å². The second-order valence-corrected chi connectivity index (χ2v) is 5.68. The topological polar surface area (TPSA) is 58.6 Å². The highest BCUT2D eigenvalue weighted by molar-refractivity contribution is 5.86. The van der Waals surface area contributed by atoms with Crippen LogP contribution in [0.5, 0.6) is 5.75 Å². The van der Waals surface area contributed by atoms with Crippen molar-refractivity contribution in [1.29, 1.82) is 0 Å². The number of anilines is 1. The lowest BCUT2D eigenvalue weighted by atomic mass is 10.1. The number of nitrogens with zero attached hydrogens (tertiary/aromatic N) is 1. The van der Waals surface area contributed by atoms with E-state index < -0.39 is 6.09 Å². The zero-order valence-electron chi connectivity index (χ0n) is 14.4. The minimum absolute atomic E-state index is 0.205. The summed E-state index contributed by atoms with van der Waals surface area (Å²) < 4.78 is 6.23. The van der Waals surface area contributed by atoms with Crippen molar-refractivity contribution in [2.24, 2.45) is 0 Å². The van der Waals surface area contributed by atoms with Crippen LogP contribution in [0.2, 0.25) is 0 Å². The molecule has 0 aliphatic heterocycles. The van der Waals surface area contributed by atoms with E-state index in [-0.39, 0.29) is 5.75 Å². The van der Waals surface area contributed by atoms with Crippen LogP contribution in [0.3, 0.4) is 0 Å². The number of carbonyl (C=O) groups excluding carboxylic acids is 1. The van der Waals surface area contributed by atoms with Crippen LogP contribution in [-0.2, 0) is 4.74 Å². The summed E-state index contributed by atoms with van der Waals surface area (Å²) in [6.45, 7) is 14.4. The summed E-state index contributed by atoms with van der Waals surface area (Å²) >= 11 is 0. The molecule has 5 heteroatoms. The smallest absolute Gasteiger partial charge is 0.411 e. The van der Waals surface area contributed by atoms with Crippen molar-refractivity contribution in [3.8, 4) is 5.75 Å². The molecule has 124 valence electrons. The molecule has 1 rings (SSSR count). The summed E-state index contributed by atoms with van der Waals surface area (Å²) in [5.41, 5.74) is 2.01. The maximum atomic E-state index is 11.9. The van der Waals surface area contributed by atoms with Gasteiger partial charge in [0.2, 0.25) is 0 Å². The van der Waals surface area contributed by atoms with Gasteiger partial charge >= 0.3 is 6.09 Å². The number of aryl methyl sites for hydroxylation is 1. The maximum Gasteiger partial charge on any atom is 0.411 e. The van der Waals surface area contributed by atoms with Gasteiger partial charge in [-0.05, 0) is 46.2 Å². The summed E-state index contributed by atoms with van der Waals surface area (Å²) in [7, 11) is 0. The van der Waals surface area contributed by atoms with Crippen LogP contribution < -0.4 is 5.32 Å². The van der Waals surface area contributed by atoms with Crippen molar-refractivity contribution in [2.45, 2.75) is 34.6 Å². The average Bonchev–Trinajstić information content (AvgIpc) is 2.53. The molecular formula is C17H29N2O3+. The molecule has 0 radical (unpaired) electrons. The van der Waals surface area contributed by atoms with E-state index >= 15 is 0 Å². The highest BCUT2D eigenvalue weighted by atomic mass is 16.5. The number of aromatic hydroxyl groups is 1. The van der Waals surface area contributed by atoms with Gasteiger partial charge in [0, 0.05) is 5.56 Å². The molecule has 0 aliphatic rings. The first-order chi connectivity index (χ1) is 10.4. The lowest BCUT2D eigenvalue weighted by molar-refractivity contribution is -0.923. The van der Waals surface area contributed by atoms with Gasteiger partial charge in [0.15, 0.2) is 0 Å². The molecule has 1 amide bonds. The lowest BCUT2D eigenvalue weighted by Crippen LogP contribution is -2.49. The van der Waals surface area contributed by atoms with Crippen LogP contribution >= 0.6 is 0 Å². The standard InChI is InChI=1S/C17H28N2O3/c1-6-19(7-2,8-3)11-12-22-17(21)18-15-10-9-13(4)16(20)14(15)5/h9-10H,6-8,11-12H2,1-5H3,(H-,18,20,21)/p+1. The Balaban J connectivity index is 2.56. The highest BCUT2D eigenvalue weighted by Crippen LogP contribution is 2.28. The van der Waals surface area contributed by atoms with Gasteiger partial charge < -0.3 is 14.3 Å². The minimum Gasteiger partial charge on any atom is -0.507 e. The van der Waals surface area contributed by atoms with Gasteiger partial charge in [0.25, 0.3) is 0 Å². The lowest BCUT2D eigenvalue weighted by Gasteiger charge is -2.35. The molecule has 0 fully saturated rings. The molecule has 0 saturated carbocycles. The van der Waals surface area contributed by atoms with Crippen molar-refractivity contribution < 1.29 is 19.1 Å². The number of nitrogens with one attached hydrogen (secondary N) is 1. The Morgan fingerprint density at radius 3 is 2.32 bits per heavy atom. The molecule has 22 heavy (non-hydrogen) atoms. The number of carbonyl (C=O) groups is 1. The first-order valence-corrected chi connectivity index (χ1v) is 7.97. The molecule has 0 bridgehead atoms. The Labute approximate surface area is 133 Å². The van der Waals surface area contributed by atoms with E-state index in [1.165, 1.54) is 0 Å². The van der Waals surface area contributed by atoms with Crippen LogP contribution in [-0.4, -0.2) is 48.5 Å². The molecular weight excluding hydrogens is 280 g/mol. The fraction of sp³-hybridized carbons (Fsp3) is 0.588. The third-order valence-corrected chi connectivity index (χ3v) is 4.68. The monoisotopic (exact) mass is 309 g/mol. The van der Waals surface area contributed by atoms with Crippen LogP contribution in [0.1, 0.15) is 31.9 Å². The Morgan fingerprint density at radius 1 is 1.18 bits per heavy atom. The van der Waals surface area contributed by atoms with Crippen LogP contribution in [0.25, 0.3) is 0 Å². The fourth-order valence-electron chi connectivity index (χ4n) is 2.59. The number of hydrogen-bond donors (Lipinski definition) is 2. The number of quaternary nitrogens is 1. The van der Waals surface area contributed by atoms with Crippen molar-refractivity contribution in [1.82, 2.24) is 0 Å². The van der Waals surface area contributed by atoms with E-state index in [0.717, 1.165) is 36.2 Å². The highest BCUT2D eigenvalue weighted by Gasteiger charge is 2.21. The van der Waals surface area contributed by atoms with Gasteiger partial charge in [-0.1, -0.05) is 6.07 Å². The molecule has 1 aromatic carbocycles. The number of phenols is 1. The average molecular weight is 309 g/mol. The van der Waals surface area contributed by atoms with E-state index in [2.05, 4.69) is 26.1 Å². The Morgan fingerprint density at radius 2 is 1.77 bits per heavy atom. The summed E-state index contributed by atoms with van der Waals surface area (Å²) in [5.74, 6) is 0.205. The maximum absolute atomic E-state index is 11.9. The predicted octanol–water partition coefficient (Wildman–Crippen LogP) is 3.43. The normalized spacial score (nSPS) is 11.3. The number of benzene rings is 1. The van der Waals surface area contributed by atoms with Gasteiger partial charge in [-0.15, -0.1) is 0 Å². The zero-order chi connectivity index (χ0) is 16.8. The largest absolute Gasteiger partial charge is 0.507 e. The Kier molecular flexibility index (Phi) is 6.68. The quantitative estimate of drug-likeness (QED) is 0.759. The van der Waals surface area contributed by atoms with E-state index in [0.29, 0.717) is 17.9 Å². The van der Waals surface area contributed by atoms with Gasteiger partial charge in [-0.25, -0.2) is 4.79 Å². The molecule has 0 heterocycles. The van der Waals surface area contributed by atoms with E-state index in [1.54, 1.807) is 19.1 Å². The van der Waals surface area contributed by atoms with E-state index in [4.69, 9.17) is 4.74 Å². The molecule has 5 nitrogen and oxygen atoms in total. The number of hydrogen-bond acceptors (Lipinski definition) is 3. The second kappa shape index (κ2) is 8.03. The minimum atomic E-state index is -0.479. The number of likely N-dealkylation sites (N-methyl/N-ethyl adjacent to an activating group) is 1. The van der Waals surface area contributed by atoms with Crippen LogP contribution in [0, 0.1) is 13.8 Å². The second-order valence-electron chi connectivity index (χ2n) is 5.68. The van der Waals surface area contributed by atoms with Crippen molar-refractivity contribution in [3.05, 3.63) is 23.3 Å². The molecule has 0 aromatic heterocycles. The molecule has 0 unspecified atom stereocenters. The molecule has 0 spiro atoms.